The lowest BCUT2D eigenvalue weighted by Crippen LogP contribution is -2.33. The van der Waals surface area contributed by atoms with Crippen LogP contribution in [0.1, 0.15) is 62.8 Å². The standard InChI is InChI=1S/C22H25/c1-16(17-9-7-6-8-10-17)18-11-12-19-20(15-18)22(4,5)14-13-21(19,2)3/h6-9,11-12,15H,1,13-14H2,2-5H3. The molecule has 0 aromatic heterocycles. The van der Waals surface area contributed by atoms with Crippen LogP contribution in [-0.2, 0) is 10.8 Å². The first-order valence-electron chi connectivity index (χ1n) is 8.13. The maximum absolute atomic E-state index is 4.30. The van der Waals surface area contributed by atoms with Crippen molar-refractivity contribution in [3.05, 3.63) is 77.4 Å². The van der Waals surface area contributed by atoms with Crippen LogP contribution in [0, 0.1) is 6.07 Å². The van der Waals surface area contributed by atoms with Gasteiger partial charge in [0, 0.05) is 0 Å². The fraction of sp³-hybridized carbons (Fsp3) is 0.364. The first-order chi connectivity index (χ1) is 10.3. The first-order valence-corrected chi connectivity index (χ1v) is 8.13. The molecular formula is C22H25. The first kappa shape index (κ1) is 15.1. The maximum Gasteiger partial charge on any atom is -0.00992 e. The summed E-state index contributed by atoms with van der Waals surface area (Å²) in [5.74, 6) is 0. The van der Waals surface area contributed by atoms with Gasteiger partial charge in [-0.3, -0.25) is 0 Å². The molecule has 22 heavy (non-hydrogen) atoms. The van der Waals surface area contributed by atoms with Gasteiger partial charge >= 0.3 is 0 Å². The van der Waals surface area contributed by atoms with Gasteiger partial charge in [-0.25, -0.2) is 0 Å². The molecule has 2 aromatic carbocycles. The van der Waals surface area contributed by atoms with Gasteiger partial charge in [-0.2, -0.15) is 0 Å². The van der Waals surface area contributed by atoms with Crippen molar-refractivity contribution in [3.8, 4) is 0 Å². The van der Waals surface area contributed by atoms with E-state index in [-0.39, 0.29) is 10.8 Å². The number of hydrogen-bond acceptors (Lipinski definition) is 0. The van der Waals surface area contributed by atoms with Crippen molar-refractivity contribution in [1.29, 1.82) is 0 Å². The Balaban J connectivity index is 2.09. The monoisotopic (exact) mass is 289 g/mol. The Bertz CT molecular complexity index is 702. The van der Waals surface area contributed by atoms with Crippen molar-refractivity contribution in [2.24, 2.45) is 0 Å². The van der Waals surface area contributed by atoms with Gasteiger partial charge in [0.2, 0.25) is 0 Å². The van der Waals surface area contributed by atoms with Crippen LogP contribution >= 0.6 is 0 Å². The zero-order valence-electron chi connectivity index (χ0n) is 14.2. The van der Waals surface area contributed by atoms with E-state index in [0.717, 1.165) is 11.1 Å². The highest BCUT2D eigenvalue weighted by Gasteiger charge is 2.36. The van der Waals surface area contributed by atoms with Gasteiger partial charge in [-0.1, -0.05) is 76.7 Å². The molecule has 0 saturated carbocycles. The Morgan fingerprint density at radius 1 is 0.955 bits per heavy atom. The van der Waals surface area contributed by atoms with Crippen molar-refractivity contribution in [1.82, 2.24) is 0 Å². The molecule has 0 nitrogen and oxygen atoms in total. The highest BCUT2D eigenvalue weighted by atomic mass is 14.4. The van der Waals surface area contributed by atoms with E-state index in [9.17, 15) is 0 Å². The fourth-order valence-electron chi connectivity index (χ4n) is 3.51. The van der Waals surface area contributed by atoms with E-state index in [2.05, 4.69) is 64.6 Å². The Morgan fingerprint density at radius 3 is 2.27 bits per heavy atom. The minimum absolute atomic E-state index is 0.238. The lowest BCUT2D eigenvalue weighted by Gasteiger charge is -2.42. The van der Waals surface area contributed by atoms with Crippen molar-refractivity contribution < 1.29 is 0 Å². The maximum atomic E-state index is 4.30. The van der Waals surface area contributed by atoms with Crippen LogP contribution in [0.2, 0.25) is 0 Å². The zero-order valence-corrected chi connectivity index (χ0v) is 14.2. The van der Waals surface area contributed by atoms with Crippen molar-refractivity contribution in [3.63, 3.8) is 0 Å². The van der Waals surface area contributed by atoms with Crippen LogP contribution < -0.4 is 0 Å². The molecule has 2 aromatic rings. The lowest BCUT2D eigenvalue weighted by molar-refractivity contribution is 0.332. The van der Waals surface area contributed by atoms with E-state index >= 15 is 0 Å². The average molecular weight is 289 g/mol. The van der Waals surface area contributed by atoms with Crippen LogP contribution in [0.5, 0.6) is 0 Å². The Morgan fingerprint density at radius 2 is 1.64 bits per heavy atom. The van der Waals surface area contributed by atoms with E-state index in [0.29, 0.717) is 0 Å². The molecule has 0 unspecified atom stereocenters. The summed E-state index contributed by atoms with van der Waals surface area (Å²) in [6, 6.07) is 18.3. The van der Waals surface area contributed by atoms with Gasteiger partial charge < -0.3 is 0 Å². The number of hydrogen-bond donors (Lipinski definition) is 0. The Kier molecular flexibility index (Phi) is 3.51. The summed E-state index contributed by atoms with van der Waals surface area (Å²) in [4.78, 5) is 0. The molecular weight excluding hydrogens is 264 g/mol. The predicted octanol–water partition coefficient (Wildman–Crippen LogP) is 5.90. The number of rotatable bonds is 2. The molecule has 1 radical (unpaired) electrons. The molecule has 0 heterocycles. The highest BCUT2D eigenvalue weighted by molar-refractivity contribution is 5.78. The predicted molar refractivity (Wildman–Crippen MR) is 95.1 cm³/mol. The molecule has 3 rings (SSSR count). The third-order valence-corrected chi connectivity index (χ3v) is 5.24. The lowest BCUT2D eigenvalue weighted by atomic mass is 9.63. The topological polar surface area (TPSA) is 0 Å². The molecule has 0 N–H and O–H groups in total. The molecule has 0 heteroatoms. The molecule has 0 aliphatic heterocycles. The Labute approximate surface area is 134 Å². The molecule has 0 spiro atoms. The quantitative estimate of drug-likeness (QED) is 0.646. The van der Waals surface area contributed by atoms with Crippen molar-refractivity contribution in [2.75, 3.05) is 0 Å². The molecule has 0 bridgehead atoms. The average Bonchev–Trinajstić information content (AvgIpc) is 2.52. The fourth-order valence-corrected chi connectivity index (χ4v) is 3.51. The van der Waals surface area contributed by atoms with E-state index in [1.54, 1.807) is 0 Å². The summed E-state index contributed by atoms with van der Waals surface area (Å²) in [7, 11) is 0. The molecule has 1 aliphatic rings. The van der Waals surface area contributed by atoms with Crippen LogP contribution in [-0.4, -0.2) is 0 Å². The normalized spacial score (nSPS) is 18.5. The smallest absolute Gasteiger partial charge is 0.00992 e. The van der Waals surface area contributed by atoms with E-state index in [1.807, 2.05) is 18.2 Å². The van der Waals surface area contributed by atoms with Gasteiger partial charge in [0.15, 0.2) is 0 Å². The minimum atomic E-state index is 0.238. The summed E-state index contributed by atoms with van der Waals surface area (Å²) in [6.45, 7) is 13.7. The van der Waals surface area contributed by atoms with Gasteiger partial charge in [0.25, 0.3) is 0 Å². The second-order valence-electron chi connectivity index (χ2n) is 7.78. The third-order valence-electron chi connectivity index (χ3n) is 5.24. The summed E-state index contributed by atoms with van der Waals surface area (Å²) in [5, 5.41) is 0. The van der Waals surface area contributed by atoms with Crippen LogP contribution in [0.25, 0.3) is 5.57 Å². The van der Waals surface area contributed by atoms with Crippen molar-refractivity contribution >= 4 is 5.57 Å². The second-order valence-corrected chi connectivity index (χ2v) is 7.78. The van der Waals surface area contributed by atoms with Gasteiger partial charge in [0.05, 0.1) is 0 Å². The number of benzene rings is 2. The van der Waals surface area contributed by atoms with Crippen LogP contribution in [0.3, 0.4) is 0 Å². The van der Waals surface area contributed by atoms with Crippen LogP contribution in [0.15, 0.2) is 49.0 Å². The largest absolute Gasteiger partial charge is 0.0905 e. The van der Waals surface area contributed by atoms with Gasteiger partial charge in [0.1, 0.15) is 0 Å². The highest BCUT2D eigenvalue weighted by Crippen LogP contribution is 2.46. The molecule has 0 fully saturated rings. The van der Waals surface area contributed by atoms with Crippen molar-refractivity contribution in [2.45, 2.75) is 51.4 Å². The number of fused-ring (bicyclic) bond motifs is 1. The molecule has 1 aliphatic carbocycles. The second kappa shape index (κ2) is 5.12. The summed E-state index contributed by atoms with van der Waals surface area (Å²) < 4.78 is 0. The van der Waals surface area contributed by atoms with E-state index in [4.69, 9.17) is 0 Å². The summed E-state index contributed by atoms with van der Waals surface area (Å²) in [6.07, 6.45) is 2.49. The minimum Gasteiger partial charge on any atom is -0.0905 e. The van der Waals surface area contributed by atoms with E-state index in [1.165, 1.54) is 29.5 Å². The van der Waals surface area contributed by atoms with Crippen LogP contribution in [0.4, 0.5) is 0 Å². The van der Waals surface area contributed by atoms with E-state index < -0.39 is 0 Å². The van der Waals surface area contributed by atoms with Gasteiger partial charge in [-0.05, 0) is 57.6 Å². The SMILES string of the molecule is C=C(c1[c]cccc1)c1ccc2c(c1)C(C)(C)CCC2(C)C. The third kappa shape index (κ3) is 2.52. The zero-order chi connectivity index (χ0) is 16.0. The molecule has 0 amide bonds. The van der Waals surface area contributed by atoms with Gasteiger partial charge in [-0.15, -0.1) is 0 Å². The molecule has 113 valence electrons. The Hall–Kier alpha value is -1.82. The molecule has 0 saturated heterocycles. The molecule has 0 atom stereocenters. The summed E-state index contributed by atoms with van der Waals surface area (Å²) >= 11 is 0. The summed E-state index contributed by atoms with van der Waals surface area (Å²) in [5.41, 5.74) is 6.84.